The molecular weight excluding hydrogens is 343 g/mol. The van der Waals surface area contributed by atoms with E-state index in [1.54, 1.807) is 0 Å². The molecule has 0 spiro atoms. The number of likely N-dealkylation sites (tertiary alicyclic amines) is 2. The first kappa shape index (κ1) is 18.0. The topological polar surface area (TPSA) is 23.6 Å². The summed E-state index contributed by atoms with van der Waals surface area (Å²) in [4.78, 5) is 17.2. The first-order chi connectivity index (χ1) is 11.5. The van der Waals surface area contributed by atoms with Crippen LogP contribution in [0.25, 0.3) is 0 Å². The SMILES string of the molecule is CC1CCN(C(=O)C2CCCN(Cc3c(Cl)cccc3Cl)C2)CC1. The van der Waals surface area contributed by atoms with Gasteiger partial charge in [-0.25, -0.2) is 0 Å². The van der Waals surface area contributed by atoms with E-state index in [-0.39, 0.29) is 5.92 Å². The van der Waals surface area contributed by atoms with Crippen molar-refractivity contribution in [2.45, 2.75) is 39.2 Å². The van der Waals surface area contributed by atoms with Gasteiger partial charge in [-0.15, -0.1) is 0 Å². The summed E-state index contributed by atoms with van der Waals surface area (Å²) in [7, 11) is 0. The number of hydrogen-bond donors (Lipinski definition) is 0. The number of piperidine rings is 2. The quantitative estimate of drug-likeness (QED) is 0.785. The molecule has 2 aliphatic rings. The van der Waals surface area contributed by atoms with Gasteiger partial charge >= 0.3 is 0 Å². The van der Waals surface area contributed by atoms with E-state index in [1.165, 1.54) is 0 Å². The Kier molecular flexibility index (Phi) is 6.07. The van der Waals surface area contributed by atoms with Gasteiger partial charge in [-0.2, -0.15) is 0 Å². The number of hydrogen-bond acceptors (Lipinski definition) is 2. The Balaban J connectivity index is 1.61. The molecule has 0 N–H and O–H groups in total. The lowest BCUT2D eigenvalue weighted by Crippen LogP contribution is -2.46. The Hall–Kier alpha value is -0.770. The van der Waals surface area contributed by atoms with E-state index in [4.69, 9.17) is 23.2 Å². The molecule has 1 amide bonds. The summed E-state index contributed by atoms with van der Waals surface area (Å²) in [5.74, 6) is 1.21. The van der Waals surface area contributed by atoms with Crippen LogP contribution < -0.4 is 0 Å². The van der Waals surface area contributed by atoms with Crippen molar-refractivity contribution in [3.8, 4) is 0 Å². The van der Waals surface area contributed by atoms with Crippen LogP contribution in [-0.2, 0) is 11.3 Å². The standard InChI is InChI=1S/C19H26Cl2N2O/c1-14-7-10-23(11-8-14)19(24)15-4-3-9-22(12-15)13-16-17(20)5-2-6-18(16)21/h2,5-6,14-15H,3-4,7-13H2,1H3. The van der Waals surface area contributed by atoms with Gasteiger partial charge in [0, 0.05) is 41.8 Å². The summed E-state index contributed by atoms with van der Waals surface area (Å²) in [6.45, 7) is 6.66. The Bertz CT molecular complexity index is 564. The number of nitrogens with zero attached hydrogens (tertiary/aromatic N) is 2. The van der Waals surface area contributed by atoms with Crippen molar-refractivity contribution in [3.63, 3.8) is 0 Å². The predicted molar refractivity (Wildman–Crippen MR) is 99.4 cm³/mol. The lowest BCUT2D eigenvalue weighted by molar-refractivity contribution is -0.138. The molecule has 3 rings (SSSR count). The average Bonchev–Trinajstić information content (AvgIpc) is 2.59. The first-order valence-corrected chi connectivity index (χ1v) is 9.74. The maximum Gasteiger partial charge on any atom is 0.226 e. The van der Waals surface area contributed by atoms with Crippen LogP contribution in [0.15, 0.2) is 18.2 Å². The van der Waals surface area contributed by atoms with Gasteiger partial charge in [-0.3, -0.25) is 9.69 Å². The first-order valence-electron chi connectivity index (χ1n) is 8.98. The van der Waals surface area contributed by atoms with E-state index in [0.717, 1.165) is 69.9 Å². The van der Waals surface area contributed by atoms with Crippen LogP contribution in [0.4, 0.5) is 0 Å². The normalized spacial score (nSPS) is 23.5. The lowest BCUT2D eigenvalue weighted by atomic mass is 9.93. The van der Waals surface area contributed by atoms with Crippen LogP contribution in [0.5, 0.6) is 0 Å². The molecule has 0 aromatic heterocycles. The van der Waals surface area contributed by atoms with E-state index in [0.29, 0.717) is 16.0 Å². The maximum absolute atomic E-state index is 12.8. The number of halogens is 2. The Labute approximate surface area is 154 Å². The lowest BCUT2D eigenvalue weighted by Gasteiger charge is -2.37. The van der Waals surface area contributed by atoms with Crippen LogP contribution in [0, 0.1) is 11.8 Å². The highest BCUT2D eigenvalue weighted by molar-refractivity contribution is 6.35. The van der Waals surface area contributed by atoms with Crippen molar-refractivity contribution < 1.29 is 4.79 Å². The van der Waals surface area contributed by atoms with Crippen LogP contribution in [0.1, 0.15) is 38.2 Å². The van der Waals surface area contributed by atoms with Gasteiger partial charge < -0.3 is 4.90 Å². The second-order valence-corrected chi connectivity index (χ2v) is 8.10. The van der Waals surface area contributed by atoms with Crippen LogP contribution >= 0.6 is 23.2 Å². The smallest absolute Gasteiger partial charge is 0.226 e. The van der Waals surface area contributed by atoms with Crippen LogP contribution in [0.3, 0.4) is 0 Å². The largest absolute Gasteiger partial charge is 0.342 e. The fraction of sp³-hybridized carbons (Fsp3) is 0.632. The van der Waals surface area contributed by atoms with Crippen molar-refractivity contribution >= 4 is 29.1 Å². The minimum Gasteiger partial charge on any atom is -0.342 e. The van der Waals surface area contributed by atoms with E-state index in [1.807, 2.05) is 18.2 Å². The number of benzene rings is 1. The summed E-state index contributed by atoms with van der Waals surface area (Å²) in [6.07, 6.45) is 4.33. The molecule has 2 heterocycles. The molecule has 2 saturated heterocycles. The van der Waals surface area contributed by atoms with Crippen molar-refractivity contribution in [2.24, 2.45) is 11.8 Å². The number of amides is 1. The predicted octanol–water partition coefficient (Wildman–Crippen LogP) is 4.46. The molecule has 0 bridgehead atoms. The summed E-state index contributed by atoms with van der Waals surface area (Å²) in [5, 5.41) is 1.42. The van der Waals surface area contributed by atoms with E-state index in [2.05, 4.69) is 16.7 Å². The van der Waals surface area contributed by atoms with Gasteiger partial charge in [0.1, 0.15) is 0 Å². The Morgan fingerprint density at radius 3 is 2.46 bits per heavy atom. The summed E-state index contributed by atoms with van der Waals surface area (Å²) >= 11 is 12.6. The van der Waals surface area contributed by atoms with Crippen molar-refractivity contribution in [3.05, 3.63) is 33.8 Å². The number of rotatable bonds is 3. The zero-order valence-corrected chi connectivity index (χ0v) is 15.8. The fourth-order valence-electron chi connectivity index (χ4n) is 3.79. The van der Waals surface area contributed by atoms with E-state index in [9.17, 15) is 4.79 Å². The monoisotopic (exact) mass is 368 g/mol. The summed E-state index contributed by atoms with van der Waals surface area (Å²) in [5.41, 5.74) is 0.973. The molecule has 132 valence electrons. The van der Waals surface area contributed by atoms with Gasteiger partial charge in [-0.1, -0.05) is 36.2 Å². The number of carbonyl (C=O) groups is 1. The van der Waals surface area contributed by atoms with Gasteiger partial charge in [0.15, 0.2) is 0 Å². The van der Waals surface area contributed by atoms with Gasteiger partial charge in [0.05, 0.1) is 5.92 Å². The second kappa shape index (κ2) is 8.07. The fourth-order valence-corrected chi connectivity index (χ4v) is 4.31. The highest BCUT2D eigenvalue weighted by Crippen LogP contribution is 2.28. The van der Waals surface area contributed by atoms with Crippen molar-refractivity contribution in [2.75, 3.05) is 26.2 Å². The van der Waals surface area contributed by atoms with E-state index >= 15 is 0 Å². The molecular formula is C19H26Cl2N2O. The van der Waals surface area contributed by atoms with Crippen LogP contribution in [-0.4, -0.2) is 41.9 Å². The molecule has 0 radical (unpaired) electrons. The third kappa shape index (κ3) is 4.25. The molecule has 1 aromatic rings. The molecule has 5 heteroatoms. The zero-order valence-electron chi connectivity index (χ0n) is 14.3. The molecule has 1 unspecified atom stereocenters. The average molecular weight is 369 g/mol. The molecule has 3 nitrogen and oxygen atoms in total. The summed E-state index contributed by atoms with van der Waals surface area (Å²) < 4.78 is 0. The molecule has 1 aromatic carbocycles. The molecule has 0 saturated carbocycles. The minimum absolute atomic E-state index is 0.119. The maximum atomic E-state index is 12.8. The number of carbonyl (C=O) groups excluding carboxylic acids is 1. The molecule has 2 fully saturated rings. The summed E-state index contributed by atoms with van der Waals surface area (Å²) in [6, 6.07) is 5.63. The zero-order chi connectivity index (χ0) is 17.1. The Morgan fingerprint density at radius 2 is 1.79 bits per heavy atom. The second-order valence-electron chi connectivity index (χ2n) is 7.28. The van der Waals surface area contributed by atoms with Crippen molar-refractivity contribution in [1.29, 1.82) is 0 Å². The molecule has 2 aliphatic heterocycles. The third-order valence-corrected chi connectivity index (χ3v) is 6.10. The van der Waals surface area contributed by atoms with Gasteiger partial charge in [0.25, 0.3) is 0 Å². The van der Waals surface area contributed by atoms with Gasteiger partial charge in [0.2, 0.25) is 5.91 Å². The molecule has 24 heavy (non-hydrogen) atoms. The molecule has 1 atom stereocenters. The van der Waals surface area contributed by atoms with Gasteiger partial charge in [-0.05, 0) is 50.3 Å². The minimum atomic E-state index is 0.119. The highest BCUT2D eigenvalue weighted by atomic mass is 35.5. The van der Waals surface area contributed by atoms with Crippen molar-refractivity contribution in [1.82, 2.24) is 9.80 Å². The van der Waals surface area contributed by atoms with Crippen LogP contribution in [0.2, 0.25) is 10.0 Å². The molecule has 0 aliphatic carbocycles. The third-order valence-electron chi connectivity index (χ3n) is 5.39. The Morgan fingerprint density at radius 1 is 1.12 bits per heavy atom. The highest BCUT2D eigenvalue weighted by Gasteiger charge is 2.31. The van der Waals surface area contributed by atoms with E-state index < -0.39 is 0 Å².